The van der Waals surface area contributed by atoms with E-state index in [9.17, 15) is 14.7 Å². The quantitative estimate of drug-likeness (QED) is 0.107. The molecule has 0 aromatic carbocycles. The van der Waals surface area contributed by atoms with E-state index < -0.39 is 17.5 Å². The number of allylic oxidation sites excluding steroid dienone is 1. The molecule has 0 aliphatic carbocycles. The van der Waals surface area contributed by atoms with E-state index in [-0.39, 0.29) is 19.6 Å². The van der Waals surface area contributed by atoms with Gasteiger partial charge < -0.3 is 14.6 Å². The van der Waals surface area contributed by atoms with Crippen LogP contribution in [0.5, 0.6) is 0 Å². The highest BCUT2D eigenvalue weighted by Gasteiger charge is 2.46. The van der Waals surface area contributed by atoms with Gasteiger partial charge >= 0.3 is 11.9 Å². The number of carbonyl (C=O) groups excluding carboxylic acids is 2. The minimum atomic E-state index is -2.25. The molecule has 0 heterocycles. The molecule has 0 unspecified atom stereocenters. The SMILES string of the molecule is CCCCCCCCCCCCCCC/C=C/CC(O)(C(=O)OCC)C(=O)OCC. The van der Waals surface area contributed by atoms with E-state index in [1.165, 1.54) is 77.0 Å². The molecule has 0 saturated heterocycles. The summed E-state index contributed by atoms with van der Waals surface area (Å²) in [6, 6.07) is 0. The zero-order valence-electron chi connectivity index (χ0n) is 19.8. The van der Waals surface area contributed by atoms with Crippen LogP contribution in [0.1, 0.15) is 117 Å². The van der Waals surface area contributed by atoms with E-state index in [0.29, 0.717) is 0 Å². The van der Waals surface area contributed by atoms with Crippen LogP contribution >= 0.6 is 0 Å². The standard InChI is InChI=1S/C25H46O5/c1-4-7-8-9-10-11-12-13-14-15-16-17-18-19-20-21-22-25(28,23(26)29-5-2)24(27)30-6-3/h20-21,28H,4-19,22H2,1-3H3/b21-20+. The summed E-state index contributed by atoms with van der Waals surface area (Å²) in [6.45, 7) is 5.72. The van der Waals surface area contributed by atoms with Crippen molar-refractivity contribution >= 4 is 11.9 Å². The topological polar surface area (TPSA) is 72.8 Å². The van der Waals surface area contributed by atoms with Crippen LogP contribution in [0.3, 0.4) is 0 Å². The van der Waals surface area contributed by atoms with Gasteiger partial charge in [-0.25, -0.2) is 9.59 Å². The fourth-order valence-electron chi connectivity index (χ4n) is 3.40. The highest BCUT2D eigenvalue weighted by molar-refractivity contribution is 6.03. The lowest BCUT2D eigenvalue weighted by Crippen LogP contribution is -2.48. The van der Waals surface area contributed by atoms with Gasteiger partial charge in [-0.1, -0.05) is 96.1 Å². The van der Waals surface area contributed by atoms with Crippen molar-refractivity contribution in [2.45, 2.75) is 123 Å². The third-order valence-corrected chi connectivity index (χ3v) is 5.28. The summed E-state index contributed by atoms with van der Waals surface area (Å²) in [6.07, 6.45) is 21.5. The van der Waals surface area contributed by atoms with Gasteiger partial charge in [0, 0.05) is 6.42 Å². The van der Waals surface area contributed by atoms with Crippen molar-refractivity contribution in [2.24, 2.45) is 0 Å². The fourth-order valence-corrected chi connectivity index (χ4v) is 3.40. The Hall–Kier alpha value is -1.36. The lowest BCUT2D eigenvalue weighted by molar-refractivity contribution is -0.182. The van der Waals surface area contributed by atoms with Crippen molar-refractivity contribution < 1.29 is 24.2 Å². The van der Waals surface area contributed by atoms with E-state index in [4.69, 9.17) is 9.47 Å². The minimum Gasteiger partial charge on any atom is -0.463 e. The lowest BCUT2D eigenvalue weighted by Gasteiger charge is -2.22. The van der Waals surface area contributed by atoms with Crippen LogP contribution in [0.25, 0.3) is 0 Å². The first kappa shape index (κ1) is 28.6. The summed E-state index contributed by atoms with van der Waals surface area (Å²) >= 11 is 0. The van der Waals surface area contributed by atoms with Crippen molar-refractivity contribution in [3.8, 4) is 0 Å². The van der Waals surface area contributed by atoms with Crippen molar-refractivity contribution in [3.05, 3.63) is 12.2 Å². The molecule has 0 rings (SSSR count). The maximum absolute atomic E-state index is 12.0. The maximum atomic E-state index is 12.0. The van der Waals surface area contributed by atoms with Crippen LogP contribution in [0, 0.1) is 0 Å². The first-order chi connectivity index (χ1) is 14.5. The van der Waals surface area contributed by atoms with Gasteiger partial charge in [-0.2, -0.15) is 0 Å². The molecule has 176 valence electrons. The predicted molar refractivity (Wildman–Crippen MR) is 122 cm³/mol. The molecule has 0 atom stereocenters. The van der Waals surface area contributed by atoms with Crippen LogP contribution in [-0.4, -0.2) is 35.9 Å². The van der Waals surface area contributed by atoms with Crippen molar-refractivity contribution in [3.63, 3.8) is 0 Å². The molecular formula is C25H46O5. The number of hydrogen-bond donors (Lipinski definition) is 1. The number of aliphatic hydroxyl groups is 1. The van der Waals surface area contributed by atoms with E-state index in [0.717, 1.165) is 12.8 Å². The Balaban J connectivity index is 3.81. The Kier molecular flexibility index (Phi) is 18.7. The van der Waals surface area contributed by atoms with Crippen LogP contribution in [0.2, 0.25) is 0 Å². The molecule has 0 fully saturated rings. The van der Waals surface area contributed by atoms with Gasteiger partial charge in [-0.3, -0.25) is 0 Å². The normalized spacial score (nSPS) is 11.7. The second-order valence-electron chi connectivity index (χ2n) is 8.01. The van der Waals surface area contributed by atoms with Crippen molar-refractivity contribution in [1.82, 2.24) is 0 Å². The summed E-state index contributed by atoms with van der Waals surface area (Å²) in [5, 5.41) is 10.4. The predicted octanol–water partition coefficient (Wildman–Crippen LogP) is 6.27. The second-order valence-corrected chi connectivity index (χ2v) is 8.01. The Labute approximate surface area is 184 Å². The van der Waals surface area contributed by atoms with Gasteiger partial charge in [0.25, 0.3) is 5.60 Å². The Morgan fingerprint density at radius 2 is 1.07 bits per heavy atom. The molecule has 0 bridgehead atoms. The summed E-state index contributed by atoms with van der Waals surface area (Å²) < 4.78 is 9.66. The van der Waals surface area contributed by atoms with Crippen molar-refractivity contribution in [2.75, 3.05) is 13.2 Å². The molecule has 30 heavy (non-hydrogen) atoms. The van der Waals surface area contributed by atoms with Gasteiger partial charge in [0.1, 0.15) is 0 Å². The first-order valence-corrected chi connectivity index (χ1v) is 12.2. The van der Waals surface area contributed by atoms with E-state index in [1.807, 2.05) is 6.08 Å². The number of rotatable bonds is 20. The monoisotopic (exact) mass is 426 g/mol. The van der Waals surface area contributed by atoms with Gasteiger partial charge in [-0.05, 0) is 26.7 Å². The molecule has 0 spiro atoms. The van der Waals surface area contributed by atoms with Crippen LogP contribution in [0.4, 0.5) is 0 Å². The molecule has 0 amide bonds. The molecule has 5 nitrogen and oxygen atoms in total. The number of unbranched alkanes of at least 4 members (excludes halogenated alkanes) is 13. The van der Waals surface area contributed by atoms with Crippen LogP contribution in [-0.2, 0) is 19.1 Å². The number of carbonyl (C=O) groups is 2. The molecule has 0 aliphatic rings. The second kappa shape index (κ2) is 19.6. The molecule has 0 aliphatic heterocycles. The van der Waals surface area contributed by atoms with Crippen LogP contribution < -0.4 is 0 Å². The van der Waals surface area contributed by atoms with E-state index in [2.05, 4.69) is 6.92 Å². The highest BCUT2D eigenvalue weighted by Crippen LogP contribution is 2.17. The molecule has 5 heteroatoms. The highest BCUT2D eigenvalue weighted by atomic mass is 16.6. The van der Waals surface area contributed by atoms with Gasteiger partial charge in [-0.15, -0.1) is 0 Å². The van der Waals surface area contributed by atoms with Gasteiger partial charge in [0.15, 0.2) is 0 Å². The summed E-state index contributed by atoms with van der Waals surface area (Å²) in [5.74, 6) is -1.90. The Morgan fingerprint density at radius 1 is 0.667 bits per heavy atom. The largest absolute Gasteiger partial charge is 0.463 e. The number of esters is 2. The molecule has 0 aromatic heterocycles. The van der Waals surface area contributed by atoms with Gasteiger partial charge in [0.05, 0.1) is 13.2 Å². The number of ether oxygens (including phenoxy) is 2. The molecule has 1 N–H and O–H groups in total. The molecule has 0 saturated carbocycles. The van der Waals surface area contributed by atoms with E-state index >= 15 is 0 Å². The Morgan fingerprint density at radius 3 is 1.47 bits per heavy atom. The van der Waals surface area contributed by atoms with E-state index in [1.54, 1.807) is 19.9 Å². The summed E-state index contributed by atoms with van der Waals surface area (Å²) in [7, 11) is 0. The zero-order chi connectivity index (χ0) is 22.5. The lowest BCUT2D eigenvalue weighted by atomic mass is 9.99. The molecule has 0 radical (unpaired) electrons. The van der Waals surface area contributed by atoms with Gasteiger partial charge in [0.2, 0.25) is 0 Å². The molecular weight excluding hydrogens is 380 g/mol. The van der Waals surface area contributed by atoms with Crippen molar-refractivity contribution in [1.29, 1.82) is 0 Å². The average molecular weight is 427 g/mol. The average Bonchev–Trinajstić information content (AvgIpc) is 2.73. The molecule has 0 aromatic rings. The zero-order valence-corrected chi connectivity index (χ0v) is 19.8. The maximum Gasteiger partial charge on any atom is 0.350 e. The van der Waals surface area contributed by atoms with Crippen LogP contribution in [0.15, 0.2) is 12.2 Å². The Bertz CT molecular complexity index is 440. The number of hydrogen-bond acceptors (Lipinski definition) is 5. The summed E-state index contributed by atoms with van der Waals surface area (Å²) in [5.41, 5.74) is -2.25. The smallest absolute Gasteiger partial charge is 0.350 e. The third kappa shape index (κ3) is 13.8. The fraction of sp³-hybridized carbons (Fsp3) is 0.840. The third-order valence-electron chi connectivity index (χ3n) is 5.28. The minimum absolute atomic E-state index is 0.100. The first-order valence-electron chi connectivity index (χ1n) is 12.2. The summed E-state index contributed by atoms with van der Waals surface area (Å²) in [4.78, 5) is 23.9.